The van der Waals surface area contributed by atoms with Crippen molar-refractivity contribution in [2.75, 3.05) is 9.62 Å². The third-order valence-corrected chi connectivity index (χ3v) is 14.3. The fourth-order valence-corrected chi connectivity index (χ4v) is 10.4. The van der Waals surface area contributed by atoms with Crippen molar-refractivity contribution in [1.82, 2.24) is 14.5 Å². The van der Waals surface area contributed by atoms with Crippen LogP contribution >= 0.6 is 0 Å². The van der Waals surface area contributed by atoms with Crippen molar-refractivity contribution in [2.45, 2.75) is 78.6 Å². The third-order valence-electron chi connectivity index (χ3n) is 14.3. The minimum absolute atomic E-state index is 0. The second-order valence-corrected chi connectivity index (χ2v) is 22.4. The average molecular weight is 1150 g/mol. The van der Waals surface area contributed by atoms with E-state index in [9.17, 15) is 5.11 Å². The smallest absolute Gasteiger partial charge is 0.420 e. The van der Waals surface area contributed by atoms with Gasteiger partial charge in [0.25, 0.3) is 0 Å². The van der Waals surface area contributed by atoms with Gasteiger partial charge in [-0.3, -0.25) is 9.55 Å². The van der Waals surface area contributed by atoms with E-state index < -0.39 is 0 Å². The molecule has 1 aliphatic rings. The van der Waals surface area contributed by atoms with Crippen LogP contribution in [0.15, 0.2) is 200 Å². The number of fused-ring (bicyclic) bond motifs is 2. The maximum atomic E-state index is 12.6. The van der Waals surface area contributed by atoms with Crippen LogP contribution in [-0.4, -0.2) is 26.6 Å². The van der Waals surface area contributed by atoms with Gasteiger partial charge in [0, 0.05) is 55.5 Å². The van der Waals surface area contributed by atoms with Crippen LogP contribution in [0.25, 0.3) is 61.6 Å². The number of imidazole rings is 1. The van der Waals surface area contributed by atoms with Crippen LogP contribution in [0.1, 0.15) is 79.0 Å². The number of phenolic OH excluding ortho intramolecular Hbond substituents is 1. The molecule has 0 aliphatic carbocycles. The summed E-state index contributed by atoms with van der Waals surface area (Å²) in [4.78, 5) is 15.6. The van der Waals surface area contributed by atoms with E-state index in [4.69, 9.17) is 9.97 Å². The van der Waals surface area contributed by atoms with Gasteiger partial charge in [-0.15, -0.1) is 29.8 Å². The number of aromatic hydroxyl groups is 1. The van der Waals surface area contributed by atoms with Gasteiger partial charge in [0.05, 0.1) is 33.7 Å². The maximum absolute atomic E-state index is 12.6. The first-order valence-electron chi connectivity index (χ1n) is 25.4. The maximum Gasteiger partial charge on any atom is 0.420 e. The second kappa shape index (κ2) is 19.4. The predicted molar refractivity (Wildman–Crippen MR) is 306 cm³/mol. The molecule has 0 atom stereocenters. The van der Waals surface area contributed by atoms with Gasteiger partial charge in [0.15, 0.2) is 0 Å². The van der Waals surface area contributed by atoms with E-state index in [1.54, 1.807) is 0 Å². The van der Waals surface area contributed by atoms with Crippen LogP contribution in [0.5, 0.6) is 5.75 Å². The fourth-order valence-electron chi connectivity index (χ4n) is 10.4. The fraction of sp³-hybridized carbons (Fsp3) is 0.182. The van der Waals surface area contributed by atoms with E-state index >= 15 is 0 Å². The van der Waals surface area contributed by atoms with Gasteiger partial charge in [-0.25, -0.2) is 4.98 Å². The standard InChI is InChI=1S/C66H61BN5O.Pt/c1-64(2,3)47-35-36-57(53(40-47)44-23-13-10-14-24-44)70-60-34-22-31-52(61(60)69-63(70)54-41-48(65(4,5)6)42-55(62(54)73)66(7,8)9)45-25-21-26-46(39-45)56-43-49(37-38-68-56)67-71(50-27-15-11-16-28-50)58-32-19-20-33-59(58)72(67)51-29-17-12-18-30-51;/h10-38,40-43,73H,1-9H3;/q-1;. The summed E-state index contributed by atoms with van der Waals surface area (Å²) in [5, 5.41) is 12.6. The molecule has 0 spiro atoms. The largest absolute Gasteiger partial charge is 0.507 e. The number of pyridine rings is 1. The first-order valence-corrected chi connectivity index (χ1v) is 25.4. The molecule has 0 radical (unpaired) electrons. The minimum Gasteiger partial charge on any atom is -0.507 e. The molecule has 0 fully saturated rings. The van der Waals surface area contributed by atoms with E-state index in [1.165, 1.54) is 5.56 Å². The molecule has 0 unspecified atom stereocenters. The molecule has 1 N–H and O–H groups in total. The Hall–Kier alpha value is -7.47. The molecule has 8 heteroatoms. The Kier molecular flexibility index (Phi) is 13.1. The van der Waals surface area contributed by atoms with E-state index in [-0.39, 0.29) is 50.0 Å². The first-order chi connectivity index (χ1) is 35.0. The van der Waals surface area contributed by atoms with Crippen molar-refractivity contribution in [3.8, 4) is 56.3 Å². The van der Waals surface area contributed by atoms with Crippen LogP contribution < -0.4 is 15.1 Å². The van der Waals surface area contributed by atoms with Crippen LogP contribution in [0, 0.1) is 6.07 Å². The van der Waals surface area contributed by atoms with Crippen LogP contribution in [0.3, 0.4) is 0 Å². The number of hydrogen-bond acceptors (Lipinski definition) is 5. The quantitative estimate of drug-likeness (QED) is 0.121. The monoisotopic (exact) mass is 1150 g/mol. The number of nitrogens with zero attached hydrogens (tertiary/aromatic N) is 5. The Morgan fingerprint density at radius 2 is 1.05 bits per heavy atom. The molecule has 1 aliphatic heterocycles. The van der Waals surface area contributed by atoms with Crippen molar-refractivity contribution >= 4 is 46.2 Å². The molecule has 0 bridgehead atoms. The molecule has 2 aromatic heterocycles. The van der Waals surface area contributed by atoms with Gasteiger partial charge in [-0.1, -0.05) is 183 Å². The van der Waals surface area contributed by atoms with Gasteiger partial charge in [0.1, 0.15) is 11.6 Å². The normalized spacial score (nSPS) is 12.8. The number of para-hydroxylation sites is 5. The molecule has 3 heterocycles. The molecular formula is C66H61BN5OPt-. The van der Waals surface area contributed by atoms with Gasteiger partial charge < -0.3 is 14.7 Å². The predicted octanol–water partition coefficient (Wildman–Crippen LogP) is 16.2. The van der Waals surface area contributed by atoms with Gasteiger partial charge in [-0.05, 0) is 105 Å². The Morgan fingerprint density at radius 1 is 0.486 bits per heavy atom. The van der Waals surface area contributed by atoms with Crippen LogP contribution in [-0.2, 0) is 37.3 Å². The van der Waals surface area contributed by atoms with Gasteiger partial charge in [-0.2, -0.15) is 0 Å². The zero-order valence-electron chi connectivity index (χ0n) is 43.6. The molecule has 6 nitrogen and oxygen atoms in total. The molecule has 0 amide bonds. The number of hydrogen-bond donors (Lipinski definition) is 1. The third kappa shape index (κ3) is 9.17. The summed E-state index contributed by atoms with van der Waals surface area (Å²) in [6.07, 6.45) is 1.93. The van der Waals surface area contributed by atoms with Crippen molar-refractivity contribution in [3.05, 3.63) is 223 Å². The van der Waals surface area contributed by atoms with Gasteiger partial charge in [0.2, 0.25) is 0 Å². The molecule has 11 rings (SSSR count). The summed E-state index contributed by atoms with van der Waals surface area (Å²) in [5.41, 5.74) is 17.3. The van der Waals surface area contributed by atoms with E-state index in [0.29, 0.717) is 11.4 Å². The first kappa shape index (κ1) is 50.1. The number of anilines is 4. The summed E-state index contributed by atoms with van der Waals surface area (Å²) >= 11 is 0. The van der Waals surface area contributed by atoms with Crippen LogP contribution in [0.2, 0.25) is 0 Å². The summed E-state index contributed by atoms with van der Waals surface area (Å²) in [6.45, 7) is 19.8. The molecule has 74 heavy (non-hydrogen) atoms. The number of rotatable bonds is 8. The Balaban J connectivity index is 0.00000626. The number of benzene rings is 8. The van der Waals surface area contributed by atoms with Crippen LogP contribution in [0.4, 0.5) is 22.7 Å². The van der Waals surface area contributed by atoms with Crippen molar-refractivity contribution in [2.24, 2.45) is 0 Å². The molecule has 0 saturated heterocycles. The Labute approximate surface area is 451 Å². The second-order valence-electron chi connectivity index (χ2n) is 22.4. The molecule has 10 aromatic rings. The van der Waals surface area contributed by atoms with E-state index in [0.717, 1.165) is 89.6 Å². The SMILES string of the molecule is CC(C)(C)c1ccc(-n2c(-c3cc(C(C)(C)C)cc(C(C)(C)C)c3O)nc3c(-c4[c-]c(-c5cc(B6N(c7ccccc7)c7ccccc7N6c6ccccc6)ccn5)ccc4)cccc32)c(-c2ccccc2)c1.[Pt]. The summed E-state index contributed by atoms with van der Waals surface area (Å²) in [5.74, 6) is 0.916. The number of phenols is 1. The summed E-state index contributed by atoms with van der Waals surface area (Å²) in [7, 11) is 0. The van der Waals surface area contributed by atoms with Gasteiger partial charge >= 0.3 is 6.98 Å². The molecule has 8 aromatic carbocycles. The van der Waals surface area contributed by atoms with Crippen molar-refractivity contribution < 1.29 is 26.2 Å². The van der Waals surface area contributed by atoms with Crippen molar-refractivity contribution in [1.29, 1.82) is 0 Å². The summed E-state index contributed by atoms with van der Waals surface area (Å²) < 4.78 is 2.27. The summed E-state index contributed by atoms with van der Waals surface area (Å²) in [6, 6.07) is 72.6. The van der Waals surface area contributed by atoms with E-state index in [2.05, 4.69) is 277 Å². The molecule has 0 saturated carbocycles. The zero-order valence-corrected chi connectivity index (χ0v) is 45.9. The molecular weight excluding hydrogens is 1080 g/mol. The number of aromatic nitrogens is 3. The Bertz CT molecular complexity index is 3600. The zero-order chi connectivity index (χ0) is 50.8. The van der Waals surface area contributed by atoms with Crippen molar-refractivity contribution in [3.63, 3.8) is 0 Å². The van der Waals surface area contributed by atoms with E-state index in [1.807, 2.05) is 6.20 Å². The minimum atomic E-state index is -0.339. The Morgan fingerprint density at radius 3 is 1.66 bits per heavy atom. The topological polar surface area (TPSA) is 57.4 Å². The average Bonchev–Trinajstić information content (AvgIpc) is 3.95. The molecule has 370 valence electrons.